The Bertz CT molecular complexity index is 374. The molecule has 0 aromatic carbocycles. The lowest BCUT2D eigenvalue weighted by Crippen LogP contribution is -2.34. The number of nitriles is 1. The summed E-state index contributed by atoms with van der Waals surface area (Å²) in [6.45, 7) is 4.00. The van der Waals surface area contributed by atoms with Crippen LogP contribution in [0.2, 0.25) is 0 Å². The van der Waals surface area contributed by atoms with E-state index in [1.54, 1.807) is 0 Å². The normalized spacial score (nSPS) is 26.8. The standard InChI is InChI=1S/C12H15N3.C2H6.H2/c13-9-12(14)4-1-11(8-12)7-10-2-5-15-6-3-10;1-2;/h2-3,5-6,11H,1,4,7-8,14H2;1-2H3;1H. The Kier molecular flexibility index (Phi) is 5.11. The molecule has 17 heavy (non-hydrogen) atoms. The van der Waals surface area contributed by atoms with Crippen molar-refractivity contribution in [1.29, 1.82) is 5.26 Å². The van der Waals surface area contributed by atoms with Gasteiger partial charge in [-0.3, -0.25) is 4.98 Å². The summed E-state index contributed by atoms with van der Waals surface area (Å²) in [5.41, 5.74) is 6.65. The Morgan fingerprint density at radius 3 is 2.71 bits per heavy atom. The van der Waals surface area contributed by atoms with Crippen LogP contribution in [0.5, 0.6) is 0 Å². The van der Waals surface area contributed by atoms with Gasteiger partial charge in [-0.25, -0.2) is 0 Å². The third-order valence-electron chi connectivity index (χ3n) is 3.15. The highest BCUT2D eigenvalue weighted by atomic mass is 14.8. The van der Waals surface area contributed by atoms with Gasteiger partial charge in [0.15, 0.2) is 0 Å². The van der Waals surface area contributed by atoms with Crippen LogP contribution in [0.3, 0.4) is 0 Å². The van der Waals surface area contributed by atoms with Crippen LogP contribution in [0.1, 0.15) is 40.1 Å². The molecule has 94 valence electrons. The van der Waals surface area contributed by atoms with E-state index in [0.29, 0.717) is 5.92 Å². The number of nitrogens with zero attached hydrogens (tertiary/aromatic N) is 2. The van der Waals surface area contributed by atoms with Gasteiger partial charge >= 0.3 is 0 Å². The molecule has 0 saturated heterocycles. The minimum absolute atomic E-state index is 0. The Balaban J connectivity index is 0.000000917. The minimum Gasteiger partial charge on any atom is -0.313 e. The van der Waals surface area contributed by atoms with Crippen molar-refractivity contribution in [1.82, 2.24) is 4.98 Å². The van der Waals surface area contributed by atoms with E-state index in [1.807, 2.05) is 38.4 Å². The SMILES string of the molecule is CC.N#CC1(N)CCC(Cc2ccncc2)C1.[HH]. The first kappa shape index (κ1) is 13.7. The summed E-state index contributed by atoms with van der Waals surface area (Å²) in [4.78, 5) is 3.99. The van der Waals surface area contributed by atoms with Gasteiger partial charge < -0.3 is 5.73 Å². The van der Waals surface area contributed by atoms with Crippen LogP contribution in [-0.4, -0.2) is 10.5 Å². The molecule has 1 aliphatic rings. The number of pyridine rings is 1. The predicted molar refractivity (Wildman–Crippen MR) is 71.3 cm³/mol. The maximum Gasteiger partial charge on any atom is 0.104 e. The van der Waals surface area contributed by atoms with Crippen molar-refractivity contribution in [2.24, 2.45) is 11.7 Å². The lowest BCUT2D eigenvalue weighted by atomic mass is 9.95. The average molecular weight is 233 g/mol. The molecule has 0 spiro atoms. The number of rotatable bonds is 2. The molecular weight excluding hydrogens is 210 g/mol. The van der Waals surface area contributed by atoms with Crippen molar-refractivity contribution < 1.29 is 1.43 Å². The predicted octanol–water partition coefficient (Wildman–Crippen LogP) is 2.92. The molecule has 0 bridgehead atoms. The molecule has 2 atom stereocenters. The second-order valence-electron chi connectivity index (χ2n) is 4.44. The minimum atomic E-state index is -0.572. The molecule has 2 rings (SSSR count). The maximum absolute atomic E-state index is 8.92. The molecular formula is C14H23N3. The molecule has 1 aliphatic carbocycles. The second-order valence-corrected chi connectivity index (χ2v) is 4.44. The van der Waals surface area contributed by atoms with Crippen molar-refractivity contribution in [3.05, 3.63) is 30.1 Å². The summed E-state index contributed by atoms with van der Waals surface area (Å²) in [5.74, 6) is 0.553. The highest BCUT2D eigenvalue weighted by Crippen LogP contribution is 2.34. The molecule has 1 aromatic heterocycles. The van der Waals surface area contributed by atoms with E-state index in [9.17, 15) is 0 Å². The lowest BCUT2D eigenvalue weighted by Gasteiger charge is -2.14. The average Bonchev–Trinajstić information content (AvgIpc) is 2.76. The first-order valence-corrected chi connectivity index (χ1v) is 6.31. The molecule has 3 heteroatoms. The van der Waals surface area contributed by atoms with Crippen LogP contribution in [-0.2, 0) is 6.42 Å². The topological polar surface area (TPSA) is 62.7 Å². The Morgan fingerprint density at radius 2 is 2.18 bits per heavy atom. The van der Waals surface area contributed by atoms with E-state index < -0.39 is 5.54 Å². The van der Waals surface area contributed by atoms with Crippen molar-refractivity contribution in [3.63, 3.8) is 0 Å². The third kappa shape index (κ3) is 3.83. The van der Waals surface area contributed by atoms with E-state index in [0.717, 1.165) is 25.7 Å². The van der Waals surface area contributed by atoms with Gasteiger partial charge in [0.2, 0.25) is 0 Å². The Morgan fingerprint density at radius 1 is 1.53 bits per heavy atom. The fourth-order valence-corrected chi connectivity index (χ4v) is 2.31. The molecule has 0 aliphatic heterocycles. The van der Waals surface area contributed by atoms with Gasteiger partial charge in [0.05, 0.1) is 6.07 Å². The molecule has 0 radical (unpaired) electrons. The molecule has 1 saturated carbocycles. The van der Waals surface area contributed by atoms with E-state index in [2.05, 4.69) is 11.1 Å². The monoisotopic (exact) mass is 233 g/mol. The molecule has 2 N–H and O–H groups in total. The lowest BCUT2D eigenvalue weighted by molar-refractivity contribution is 0.496. The fraction of sp³-hybridized carbons (Fsp3) is 0.571. The summed E-state index contributed by atoms with van der Waals surface area (Å²) in [6, 6.07) is 6.28. The fourth-order valence-electron chi connectivity index (χ4n) is 2.31. The van der Waals surface area contributed by atoms with Crippen molar-refractivity contribution in [2.75, 3.05) is 0 Å². The largest absolute Gasteiger partial charge is 0.313 e. The highest BCUT2D eigenvalue weighted by molar-refractivity contribution is 5.15. The second kappa shape index (κ2) is 6.36. The molecule has 1 heterocycles. The number of hydrogen-bond donors (Lipinski definition) is 1. The van der Waals surface area contributed by atoms with Gasteiger partial charge in [-0.05, 0) is 49.3 Å². The van der Waals surface area contributed by atoms with Gasteiger partial charge in [0, 0.05) is 13.8 Å². The summed E-state index contributed by atoms with van der Waals surface area (Å²) in [7, 11) is 0. The summed E-state index contributed by atoms with van der Waals surface area (Å²) in [5, 5.41) is 8.92. The van der Waals surface area contributed by atoms with Gasteiger partial charge in [-0.2, -0.15) is 5.26 Å². The summed E-state index contributed by atoms with van der Waals surface area (Å²) >= 11 is 0. The zero-order valence-electron chi connectivity index (χ0n) is 10.7. The zero-order chi connectivity index (χ0) is 12.7. The number of nitrogens with two attached hydrogens (primary N) is 1. The van der Waals surface area contributed by atoms with E-state index >= 15 is 0 Å². The van der Waals surface area contributed by atoms with Gasteiger partial charge in [-0.1, -0.05) is 13.8 Å². The Hall–Kier alpha value is -1.40. The van der Waals surface area contributed by atoms with Gasteiger partial charge in [0.25, 0.3) is 0 Å². The Labute approximate surface area is 105 Å². The van der Waals surface area contributed by atoms with E-state index in [4.69, 9.17) is 11.0 Å². The maximum atomic E-state index is 8.92. The van der Waals surface area contributed by atoms with E-state index in [-0.39, 0.29) is 1.43 Å². The quantitative estimate of drug-likeness (QED) is 0.854. The van der Waals surface area contributed by atoms with Crippen LogP contribution >= 0.6 is 0 Å². The summed E-state index contributed by atoms with van der Waals surface area (Å²) < 4.78 is 0. The van der Waals surface area contributed by atoms with Crippen LogP contribution < -0.4 is 5.73 Å². The molecule has 3 nitrogen and oxygen atoms in total. The smallest absolute Gasteiger partial charge is 0.104 e. The van der Waals surface area contributed by atoms with Gasteiger partial charge in [-0.15, -0.1) is 0 Å². The molecule has 2 unspecified atom stereocenters. The van der Waals surface area contributed by atoms with Crippen molar-refractivity contribution in [3.8, 4) is 6.07 Å². The van der Waals surface area contributed by atoms with Crippen LogP contribution in [0.15, 0.2) is 24.5 Å². The third-order valence-corrected chi connectivity index (χ3v) is 3.15. The highest BCUT2D eigenvalue weighted by Gasteiger charge is 2.35. The number of hydrogen-bond acceptors (Lipinski definition) is 3. The van der Waals surface area contributed by atoms with Crippen molar-refractivity contribution in [2.45, 2.75) is 45.1 Å². The van der Waals surface area contributed by atoms with Crippen LogP contribution in [0.4, 0.5) is 0 Å². The number of aromatic nitrogens is 1. The van der Waals surface area contributed by atoms with Crippen LogP contribution in [0, 0.1) is 17.2 Å². The summed E-state index contributed by atoms with van der Waals surface area (Å²) in [6.07, 6.45) is 7.36. The van der Waals surface area contributed by atoms with E-state index in [1.165, 1.54) is 5.56 Å². The zero-order valence-corrected chi connectivity index (χ0v) is 10.7. The van der Waals surface area contributed by atoms with Gasteiger partial charge in [0.1, 0.15) is 5.54 Å². The van der Waals surface area contributed by atoms with Crippen molar-refractivity contribution >= 4 is 0 Å². The van der Waals surface area contributed by atoms with Crippen LogP contribution in [0.25, 0.3) is 0 Å². The first-order chi connectivity index (χ1) is 8.22. The first-order valence-electron chi connectivity index (χ1n) is 6.31. The molecule has 1 fully saturated rings. The molecule has 1 aromatic rings. The molecule has 0 amide bonds.